The molecule has 122 valence electrons. The number of nitrogens with zero attached hydrogens (tertiary/aromatic N) is 3. The highest BCUT2D eigenvalue weighted by molar-refractivity contribution is 6.35. The third-order valence-corrected chi connectivity index (χ3v) is 3.84. The van der Waals surface area contributed by atoms with Crippen molar-refractivity contribution in [1.82, 2.24) is 15.2 Å². The van der Waals surface area contributed by atoms with E-state index in [1.807, 2.05) is 12.1 Å². The molecule has 1 aromatic heterocycles. The number of aryl methyl sites for hydroxylation is 1. The van der Waals surface area contributed by atoms with Gasteiger partial charge in [-0.05, 0) is 36.2 Å². The molecule has 3 aromatic rings. The summed E-state index contributed by atoms with van der Waals surface area (Å²) in [7, 11) is 0. The maximum absolute atomic E-state index is 5.99. The lowest BCUT2D eigenvalue weighted by molar-refractivity contribution is 0.964. The third kappa shape index (κ3) is 4.34. The molecule has 2 aromatic carbocycles. The first kappa shape index (κ1) is 16.5. The topological polar surface area (TPSA) is 62.7 Å². The Bertz CT molecular complexity index is 834. The molecular formula is C17H15Cl2N5. The first-order valence-electron chi connectivity index (χ1n) is 7.31. The molecule has 0 saturated heterocycles. The van der Waals surface area contributed by atoms with Crippen molar-refractivity contribution in [2.45, 2.75) is 13.5 Å². The smallest absolute Gasteiger partial charge is 0.249 e. The molecule has 0 amide bonds. The van der Waals surface area contributed by atoms with Crippen LogP contribution in [0.3, 0.4) is 0 Å². The van der Waals surface area contributed by atoms with Crippen molar-refractivity contribution in [1.29, 1.82) is 0 Å². The van der Waals surface area contributed by atoms with Gasteiger partial charge in [0, 0.05) is 22.3 Å². The van der Waals surface area contributed by atoms with Crippen LogP contribution in [0.15, 0.2) is 48.7 Å². The van der Waals surface area contributed by atoms with Gasteiger partial charge in [-0.3, -0.25) is 0 Å². The third-order valence-electron chi connectivity index (χ3n) is 3.40. The summed E-state index contributed by atoms with van der Waals surface area (Å²) in [5.41, 5.74) is 3.12. The molecule has 0 bridgehead atoms. The van der Waals surface area contributed by atoms with Crippen LogP contribution in [0.1, 0.15) is 11.1 Å². The summed E-state index contributed by atoms with van der Waals surface area (Å²) in [5, 5.41) is 15.3. The van der Waals surface area contributed by atoms with Crippen LogP contribution < -0.4 is 10.6 Å². The lowest BCUT2D eigenvalue weighted by atomic mass is 10.1. The summed E-state index contributed by atoms with van der Waals surface area (Å²) in [6.45, 7) is 2.74. The molecule has 0 unspecified atom stereocenters. The molecule has 24 heavy (non-hydrogen) atoms. The van der Waals surface area contributed by atoms with Gasteiger partial charge >= 0.3 is 0 Å². The highest BCUT2D eigenvalue weighted by atomic mass is 35.5. The Hall–Kier alpha value is -2.37. The van der Waals surface area contributed by atoms with Gasteiger partial charge in [0.2, 0.25) is 5.95 Å². The van der Waals surface area contributed by atoms with Crippen molar-refractivity contribution in [3.05, 3.63) is 69.8 Å². The summed E-state index contributed by atoms with van der Waals surface area (Å²) >= 11 is 12.0. The van der Waals surface area contributed by atoms with Gasteiger partial charge < -0.3 is 10.6 Å². The predicted octanol–water partition coefficient (Wildman–Crippen LogP) is 4.84. The van der Waals surface area contributed by atoms with Gasteiger partial charge in [-0.15, -0.1) is 5.10 Å². The van der Waals surface area contributed by atoms with Crippen molar-refractivity contribution < 1.29 is 0 Å². The number of benzene rings is 2. The second-order valence-corrected chi connectivity index (χ2v) is 6.10. The maximum Gasteiger partial charge on any atom is 0.249 e. The molecule has 0 aliphatic heterocycles. The van der Waals surface area contributed by atoms with Gasteiger partial charge in [0.05, 0.1) is 6.20 Å². The van der Waals surface area contributed by atoms with Gasteiger partial charge in [0.25, 0.3) is 0 Å². The average molecular weight is 360 g/mol. The van der Waals surface area contributed by atoms with Gasteiger partial charge in [-0.25, -0.2) is 0 Å². The van der Waals surface area contributed by atoms with Gasteiger partial charge in [-0.2, -0.15) is 10.1 Å². The average Bonchev–Trinajstić information content (AvgIpc) is 2.53. The van der Waals surface area contributed by atoms with Crippen molar-refractivity contribution in [3.8, 4) is 0 Å². The van der Waals surface area contributed by atoms with Crippen molar-refractivity contribution in [3.63, 3.8) is 0 Å². The van der Waals surface area contributed by atoms with E-state index in [0.29, 0.717) is 34.0 Å². The highest BCUT2D eigenvalue weighted by Gasteiger charge is 2.04. The number of anilines is 3. The van der Waals surface area contributed by atoms with E-state index >= 15 is 0 Å². The Morgan fingerprint density at radius 3 is 2.54 bits per heavy atom. The first-order valence-corrected chi connectivity index (χ1v) is 8.07. The number of hydrogen-bond donors (Lipinski definition) is 2. The van der Waals surface area contributed by atoms with Crippen molar-refractivity contribution >= 4 is 40.7 Å². The van der Waals surface area contributed by atoms with E-state index < -0.39 is 0 Å². The number of nitrogens with one attached hydrogen (secondary N) is 2. The van der Waals surface area contributed by atoms with E-state index in [1.54, 1.807) is 24.4 Å². The summed E-state index contributed by atoms with van der Waals surface area (Å²) in [4.78, 5) is 4.39. The van der Waals surface area contributed by atoms with Crippen LogP contribution in [0.2, 0.25) is 10.0 Å². The minimum absolute atomic E-state index is 0.364. The van der Waals surface area contributed by atoms with E-state index in [2.05, 4.69) is 44.9 Å². The highest BCUT2D eigenvalue weighted by Crippen LogP contribution is 2.24. The van der Waals surface area contributed by atoms with Crippen LogP contribution >= 0.6 is 23.2 Å². The quantitative estimate of drug-likeness (QED) is 0.682. The Morgan fingerprint density at radius 1 is 1.04 bits per heavy atom. The minimum atomic E-state index is 0.364. The molecule has 0 spiro atoms. The molecular weight excluding hydrogens is 345 g/mol. The second kappa shape index (κ2) is 7.47. The summed E-state index contributed by atoms with van der Waals surface area (Å²) < 4.78 is 0. The van der Waals surface area contributed by atoms with E-state index in [-0.39, 0.29) is 0 Å². The Kier molecular flexibility index (Phi) is 5.13. The molecule has 3 rings (SSSR count). The monoisotopic (exact) mass is 359 g/mol. The lowest BCUT2D eigenvalue weighted by Gasteiger charge is -2.09. The van der Waals surface area contributed by atoms with E-state index in [0.717, 1.165) is 0 Å². The van der Waals surface area contributed by atoms with Crippen LogP contribution in [0.5, 0.6) is 0 Å². The fourth-order valence-electron chi connectivity index (χ4n) is 2.19. The van der Waals surface area contributed by atoms with Crippen LogP contribution in [0, 0.1) is 6.92 Å². The zero-order chi connectivity index (χ0) is 16.9. The fraction of sp³-hybridized carbons (Fsp3) is 0.118. The molecule has 1 heterocycles. The number of rotatable bonds is 5. The molecule has 5 nitrogen and oxygen atoms in total. The van der Waals surface area contributed by atoms with E-state index in [9.17, 15) is 0 Å². The minimum Gasteiger partial charge on any atom is -0.365 e. The fourth-order valence-corrected chi connectivity index (χ4v) is 2.72. The van der Waals surface area contributed by atoms with Gasteiger partial charge in [0.1, 0.15) is 0 Å². The number of hydrogen-bond acceptors (Lipinski definition) is 5. The van der Waals surface area contributed by atoms with Crippen LogP contribution in [0.25, 0.3) is 0 Å². The Balaban J connectivity index is 1.71. The van der Waals surface area contributed by atoms with Crippen molar-refractivity contribution in [2.75, 3.05) is 10.6 Å². The van der Waals surface area contributed by atoms with Crippen molar-refractivity contribution in [2.24, 2.45) is 0 Å². The zero-order valence-electron chi connectivity index (χ0n) is 12.9. The summed E-state index contributed by atoms with van der Waals surface area (Å²) in [5.74, 6) is 0.993. The summed E-state index contributed by atoms with van der Waals surface area (Å²) in [6, 6.07) is 13.3. The van der Waals surface area contributed by atoms with E-state index in [4.69, 9.17) is 23.2 Å². The van der Waals surface area contributed by atoms with Gasteiger partial charge in [-0.1, -0.05) is 47.5 Å². The largest absolute Gasteiger partial charge is 0.365 e. The number of aromatic nitrogens is 3. The van der Waals surface area contributed by atoms with Crippen LogP contribution in [0.4, 0.5) is 17.5 Å². The second-order valence-electron chi connectivity index (χ2n) is 5.23. The molecule has 0 aliphatic rings. The molecule has 0 saturated carbocycles. The molecule has 2 N–H and O–H groups in total. The SMILES string of the molecule is Cc1ccccc1CNc1cnnc(Nc2cc(Cl)cc(Cl)c2)n1. The molecule has 0 aliphatic carbocycles. The van der Waals surface area contributed by atoms with Crippen LogP contribution in [-0.4, -0.2) is 15.2 Å². The normalized spacial score (nSPS) is 10.5. The van der Waals surface area contributed by atoms with Crippen LogP contribution in [-0.2, 0) is 6.54 Å². The molecule has 7 heteroatoms. The Labute approximate surface area is 150 Å². The number of halogens is 2. The first-order chi connectivity index (χ1) is 11.6. The molecule has 0 fully saturated rings. The summed E-state index contributed by atoms with van der Waals surface area (Å²) in [6.07, 6.45) is 1.58. The standard InChI is InChI=1S/C17H15Cl2N5/c1-11-4-2-3-5-12(11)9-20-16-10-21-24-17(23-16)22-15-7-13(18)6-14(19)8-15/h2-8,10H,9H2,1H3,(H2,20,22,23,24). The van der Waals surface area contributed by atoms with Gasteiger partial charge in [0.15, 0.2) is 5.82 Å². The Morgan fingerprint density at radius 2 is 1.79 bits per heavy atom. The molecule has 0 radical (unpaired) electrons. The molecule has 0 atom stereocenters. The predicted molar refractivity (Wildman–Crippen MR) is 98.1 cm³/mol. The van der Waals surface area contributed by atoms with E-state index in [1.165, 1.54) is 11.1 Å². The maximum atomic E-state index is 5.99. The lowest BCUT2D eigenvalue weighted by Crippen LogP contribution is -2.06. The zero-order valence-corrected chi connectivity index (χ0v) is 14.4.